The van der Waals surface area contributed by atoms with Crippen molar-refractivity contribution >= 4 is 23.3 Å². The van der Waals surface area contributed by atoms with Crippen molar-refractivity contribution in [3.05, 3.63) is 53.3 Å². The molecule has 1 amide bonds. The lowest BCUT2D eigenvalue weighted by molar-refractivity contribution is -0.126. The summed E-state index contributed by atoms with van der Waals surface area (Å²) in [6.45, 7) is 3.58. The average Bonchev–Trinajstić information content (AvgIpc) is 3.17. The van der Waals surface area contributed by atoms with E-state index in [1.165, 1.54) is 17.6 Å². The number of esters is 1. The number of aromatic nitrogens is 1. The van der Waals surface area contributed by atoms with Crippen LogP contribution in [0.15, 0.2) is 36.5 Å². The Balaban J connectivity index is 1.72. The molecule has 0 N–H and O–H groups in total. The number of benzene rings is 1. The largest absolute Gasteiger partial charge is 0.448 e. The maximum Gasteiger partial charge on any atom is 0.355 e. The summed E-state index contributed by atoms with van der Waals surface area (Å²) in [5.41, 5.74) is 2.66. The van der Waals surface area contributed by atoms with Crippen molar-refractivity contribution < 1.29 is 19.1 Å². The van der Waals surface area contributed by atoms with Crippen LogP contribution >= 0.6 is 0 Å². The highest BCUT2D eigenvalue weighted by atomic mass is 16.5. The van der Waals surface area contributed by atoms with Crippen LogP contribution in [0.1, 0.15) is 40.3 Å². The molecule has 2 aromatic rings. The van der Waals surface area contributed by atoms with Gasteiger partial charge >= 0.3 is 5.97 Å². The Hall–Kier alpha value is -2.89. The lowest BCUT2D eigenvalue weighted by Gasteiger charge is -2.21. The lowest BCUT2D eigenvalue weighted by atomic mass is 10.2. The first-order chi connectivity index (χ1) is 11.9. The quantitative estimate of drug-likeness (QED) is 0.633. The molecule has 3 rings (SSSR count). The number of nitrogens with zero attached hydrogens (tertiary/aromatic N) is 2. The lowest BCUT2D eigenvalue weighted by Crippen LogP contribution is -2.39. The molecule has 1 aliphatic heterocycles. The topological polar surface area (TPSA) is 68.6 Å². The summed E-state index contributed by atoms with van der Waals surface area (Å²) in [4.78, 5) is 38.1. The van der Waals surface area contributed by atoms with Crippen LogP contribution in [0, 0.1) is 0 Å². The first-order valence-electron chi connectivity index (χ1n) is 8.16. The van der Waals surface area contributed by atoms with Crippen LogP contribution in [0.5, 0.6) is 0 Å². The minimum atomic E-state index is -0.908. The van der Waals surface area contributed by atoms with Crippen molar-refractivity contribution in [2.24, 2.45) is 7.05 Å². The number of rotatable bonds is 4. The van der Waals surface area contributed by atoms with Crippen molar-refractivity contribution in [2.75, 3.05) is 11.4 Å². The summed E-state index contributed by atoms with van der Waals surface area (Å²) in [5.74, 6) is -1.00. The second-order valence-corrected chi connectivity index (χ2v) is 6.20. The minimum Gasteiger partial charge on any atom is -0.448 e. The Morgan fingerprint density at radius 1 is 1.20 bits per heavy atom. The first-order valence-corrected chi connectivity index (χ1v) is 8.16. The third-order valence-electron chi connectivity index (χ3n) is 4.41. The Kier molecular flexibility index (Phi) is 4.44. The highest BCUT2D eigenvalue weighted by molar-refractivity contribution is 6.01. The number of amides is 1. The van der Waals surface area contributed by atoms with E-state index >= 15 is 0 Å². The summed E-state index contributed by atoms with van der Waals surface area (Å²) in [7, 11) is 1.66. The molecule has 1 aliphatic rings. The fraction of sp³-hybridized carbons (Fsp3) is 0.316. The molecule has 0 bridgehead atoms. The zero-order valence-electron chi connectivity index (χ0n) is 14.5. The van der Waals surface area contributed by atoms with E-state index in [0.717, 1.165) is 17.7 Å². The fourth-order valence-electron chi connectivity index (χ4n) is 3.02. The van der Waals surface area contributed by atoms with Crippen LogP contribution in [-0.2, 0) is 23.0 Å². The number of para-hydroxylation sites is 1. The predicted molar refractivity (Wildman–Crippen MR) is 92.8 cm³/mol. The summed E-state index contributed by atoms with van der Waals surface area (Å²) in [6.07, 6.45) is 1.46. The number of fused-ring (bicyclic) bond motifs is 1. The number of carbonyl (C=O) groups excluding carboxylic acids is 3. The van der Waals surface area contributed by atoms with E-state index in [-0.39, 0.29) is 17.4 Å². The Morgan fingerprint density at radius 2 is 1.92 bits per heavy atom. The first kappa shape index (κ1) is 17.0. The van der Waals surface area contributed by atoms with Gasteiger partial charge in [-0.15, -0.1) is 0 Å². The number of hydrogen-bond donors (Lipinski definition) is 0. The highest BCUT2D eigenvalue weighted by Crippen LogP contribution is 2.28. The zero-order valence-corrected chi connectivity index (χ0v) is 14.5. The molecule has 0 unspecified atom stereocenters. The van der Waals surface area contributed by atoms with Gasteiger partial charge in [0.25, 0.3) is 5.91 Å². The fourth-order valence-corrected chi connectivity index (χ4v) is 3.02. The smallest absolute Gasteiger partial charge is 0.355 e. The molecule has 0 aliphatic carbocycles. The van der Waals surface area contributed by atoms with Crippen molar-refractivity contribution in [3.8, 4) is 0 Å². The van der Waals surface area contributed by atoms with Crippen molar-refractivity contribution in [1.29, 1.82) is 0 Å². The molecule has 1 aromatic carbocycles. The molecule has 25 heavy (non-hydrogen) atoms. The summed E-state index contributed by atoms with van der Waals surface area (Å²) < 4.78 is 6.87. The molecule has 2 heterocycles. The van der Waals surface area contributed by atoms with Gasteiger partial charge in [0, 0.05) is 31.0 Å². The van der Waals surface area contributed by atoms with E-state index in [9.17, 15) is 14.4 Å². The van der Waals surface area contributed by atoms with Gasteiger partial charge in [-0.3, -0.25) is 9.59 Å². The molecular formula is C19H20N2O4. The third-order valence-corrected chi connectivity index (χ3v) is 4.41. The summed E-state index contributed by atoms with van der Waals surface area (Å²) in [5, 5.41) is 0. The molecule has 1 aromatic heterocycles. The van der Waals surface area contributed by atoms with Gasteiger partial charge in [0.1, 0.15) is 5.69 Å². The molecule has 0 radical (unpaired) electrons. The van der Waals surface area contributed by atoms with E-state index in [2.05, 4.69) is 0 Å². The molecule has 0 spiro atoms. The monoisotopic (exact) mass is 340 g/mol. The second-order valence-electron chi connectivity index (χ2n) is 6.20. The van der Waals surface area contributed by atoms with Gasteiger partial charge < -0.3 is 14.2 Å². The van der Waals surface area contributed by atoms with Gasteiger partial charge in [0.15, 0.2) is 11.9 Å². The van der Waals surface area contributed by atoms with Crippen LogP contribution in [0.25, 0.3) is 0 Å². The standard InChI is InChI=1S/C19H20N2O4/c1-12(22)15-10-17(20(3)11-15)19(24)25-13(2)18(23)21-9-8-14-6-4-5-7-16(14)21/h4-7,10-11,13H,8-9H2,1-3H3/t13-/m1/s1. The Bertz CT molecular complexity index is 853. The molecule has 6 nitrogen and oxygen atoms in total. The van der Waals surface area contributed by atoms with E-state index < -0.39 is 12.1 Å². The maximum atomic E-state index is 12.7. The van der Waals surface area contributed by atoms with Crippen molar-refractivity contribution in [1.82, 2.24) is 4.57 Å². The van der Waals surface area contributed by atoms with Crippen LogP contribution in [0.3, 0.4) is 0 Å². The number of aryl methyl sites for hydroxylation is 1. The summed E-state index contributed by atoms with van der Waals surface area (Å²) in [6, 6.07) is 9.19. The number of Topliss-reactive ketones (excluding diaryl/α,β-unsaturated/α-hetero) is 1. The van der Waals surface area contributed by atoms with E-state index in [1.54, 1.807) is 25.1 Å². The molecular weight excluding hydrogens is 320 g/mol. The van der Waals surface area contributed by atoms with Gasteiger partial charge in [-0.25, -0.2) is 4.79 Å². The molecule has 0 saturated carbocycles. The highest BCUT2D eigenvalue weighted by Gasteiger charge is 2.30. The van der Waals surface area contributed by atoms with Crippen molar-refractivity contribution in [3.63, 3.8) is 0 Å². The van der Waals surface area contributed by atoms with Gasteiger partial charge in [-0.2, -0.15) is 0 Å². The van der Waals surface area contributed by atoms with Crippen LogP contribution in [-0.4, -0.2) is 34.9 Å². The summed E-state index contributed by atoms with van der Waals surface area (Å²) >= 11 is 0. The van der Waals surface area contributed by atoms with E-state index in [1.807, 2.05) is 24.3 Å². The number of ether oxygens (including phenoxy) is 1. The molecule has 130 valence electrons. The number of anilines is 1. The Morgan fingerprint density at radius 3 is 2.60 bits per heavy atom. The predicted octanol–water partition coefficient (Wildman–Crippen LogP) is 2.36. The van der Waals surface area contributed by atoms with Gasteiger partial charge in [-0.05, 0) is 38.0 Å². The maximum absolute atomic E-state index is 12.7. The zero-order chi connectivity index (χ0) is 18.1. The number of ketones is 1. The van der Waals surface area contributed by atoms with Gasteiger partial charge in [-0.1, -0.05) is 18.2 Å². The van der Waals surface area contributed by atoms with Gasteiger partial charge in [0.05, 0.1) is 0 Å². The molecule has 0 fully saturated rings. The average molecular weight is 340 g/mol. The van der Waals surface area contributed by atoms with E-state index in [4.69, 9.17) is 4.74 Å². The normalized spacial score (nSPS) is 14.1. The Labute approximate surface area is 146 Å². The molecule has 0 saturated heterocycles. The van der Waals surface area contributed by atoms with Crippen LogP contribution in [0.4, 0.5) is 5.69 Å². The number of carbonyl (C=O) groups is 3. The third kappa shape index (κ3) is 3.20. The molecule has 1 atom stereocenters. The van der Waals surface area contributed by atoms with Crippen LogP contribution < -0.4 is 4.90 Å². The van der Waals surface area contributed by atoms with Crippen molar-refractivity contribution in [2.45, 2.75) is 26.4 Å². The van der Waals surface area contributed by atoms with Crippen LogP contribution in [0.2, 0.25) is 0 Å². The number of hydrogen-bond acceptors (Lipinski definition) is 4. The molecule has 6 heteroatoms. The second kappa shape index (κ2) is 6.55. The van der Waals surface area contributed by atoms with E-state index in [0.29, 0.717) is 12.1 Å². The van der Waals surface area contributed by atoms with Gasteiger partial charge in [0.2, 0.25) is 0 Å². The minimum absolute atomic E-state index is 0.132. The SMILES string of the molecule is CC(=O)c1cc(C(=O)O[C@H](C)C(=O)N2CCc3ccccc32)n(C)c1.